The molecule has 0 aliphatic rings. The zero-order valence-corrected chi connectivity index (χ0v) is 11.4. The molecule has 0 saturated carbocycles. The lowest BCUT2D eigenvalue weighted by molar-refractivity contribution is -0.140. The van der Waals surface area contributed by atoms with Gasteiger partial charge in [0, 0.05) is 16.4 Å². The summed E-state index contributed by atoms with van der Waals surface area (Å²) in [4.78, 5) is 25.9. The highest BCUT2D eigenvalue weighted by atomic mass is 79.9. The van der Waals surface area contributed by atoms with Crippen LogP contribution >= 0.6 is 27.7 Å². The van der Waals surface area contributed by atoms with Crippen molar-refractivity contribution in [3.05, 3.63) is 22.3 Å². The number of esters is 1. The van der Waals surface area contributed by atoms with Crippen LogP contribution in [0.5, 0.6) is 0 Å². The minimum Gasteiger partial charge on any atom is -0.478 e. The van der Waals surface area contributed by atoms with Crippen molar-refractivity contribution in [2.75, 3.05) is 12.9 Å². The molecule has 7 heteroatoms. The molecule has 1 N–H and O–H groups in total. The quantitative estimate of drug-likeness (QED) is 0.662. The van der Waals surface area contributed by atoms with Crippen molar-refractivity contribution in [3.8, 4) is 0 Å². The highest BCUT2D eigenvalue weighted by molar-refractivity contribution is 9.10. The van der Waals surface area contributed by atoms with Crippen LogP contribution in [0.1, 0.15) is 16.8 Å². The van der Waals surface area contributed by atoms with E-state index in [9.17, 15) is 9.59 Å². The summed E-state index contributed by atoms with van der Waals surface area (Å²) in [6.45, 7) is 0. The molecule has 0 aromatic carbocycles. The number of aromatic carboxylic acids is 1. The van der Waals surface area contributed by atoms with E-state index in [-0.39, 0.29) is 18.0 Å². The molecule has 0 spiro atoms. The third kappa shape index (κ3) is 4.35. The lowest BCUT2D eigenvalue weighted by Gasteiger charge is -2.04. The van der Waals surface area contributed by atoms with Crippen LogP contribution in [0.3, 0.4) is 0 Å². The second-order valence-electron chi connectivity index (χ2n) is 2.99. The minimum atomic E-state index is -1.04. The molecule has 0 unspecified atom stereocenters. The van der Waals surface area contributed by atoms with Gasteiger partial charge >= 0.3 is 11.9 Å². The first-order valence-electron chi connectivity index (χ1n) is 4.63. The smallest absolute Gasteiger partial charge is 0.338 e. The number of carbonyl (C=O) groups excluding carboxylic acids is 1. The highest BCUT2D eigenvalue weighted by Crippen LogP contribution is 2.23. The predicted molar refractivity (Wildman–Crippen MR) is 66.3 cm³/mol. The summed E-state index contributed by atoms with van der Waals surface area (Å²) < 4.78 is 5.09. The van der Waals surface area contributed by atoms with Gasteiger partial charge in [-0.3, -0.25) is 4.79 Å². The molecule has 1 heterocycles. The fraction of sp³-hybridized carbons (Fsp3) is 0.300. The lowest BCUT2D eigenvalue weighted by atomic mass is 10.3. The first-order chi connectivity index (χ1) is 8.04. The van der Waals surface area contributed by atoms with Crippen molar-refractivity contribution < 1.29 is 19.4 Å². The Morgan fingerprint density at radius 2 is 2.29 bits per heavy atom. The molecular formula is C10H10BrNO4S. The van der Waals surface area contributed by atoms with Crippen LogP contribution in [0.15, 0.2) is 21.8 Å². The molecule has 0 atom stereocenters. The first-order valence-corrected chi connectivity index (χ1v) is 6.41. The van der Waals surface area contributed by atoms with E-state index in [1.54, 1.807) is 0 Å². The second kappa shape index (κ2) is 6.61. The van der Waals surface area contributed by atoms with E-state index in [2.05, 4.69) is 25.7 Å². The predicted octanol–water partition coefficient (Wildman–Crippen LogP) is 2.20. The van der Waals surface area contributed by atoms with E-state index in [4.69, 9.17) is 5.11 Å². The number of rotatable bonds is 5. The fourth-order valence-corrected chi connectivity index (χ4v) is 2.25. The number of methoxy groups -OCH3 is 1. The average molecular weight is 320 g/mol. The van der Waals surface area contributed by atoms with Gasteiger partial charge in [-0.15, -0.1) is 11.8 Å². The van der Waals surface area contributed by atoms with E-state index in [1.807, 2.05) is 0 Å². The lowest BCUT2D eigenvalue weighted by Crippen LogP contribution is -2.04. The van der Waals surface area contributed by atoms with Gasteiger partial charge in [0.25, 0.3) is 0 Å². The summed E-state index contributed by atoms with van der Waals surface area (Å²) in [5.41, 5.74) is 0.120. The molecule has 0 bridgehead atoms. The summed E-state index contributed by atoms with van der Waals surface area (Å²) >= 11 is 4.37. The largest absolute Gasteiger partial charge is 0.478 e. The van der Waals surface area contributed by atoms with Crippen LogP contribution in [0.25, 0.3) is 0 Å². The third-order valence-corrected chi connectivity index (χ3v) is 3.26. The van der Waals surface area contributed by atoms with Crippen molar-refractivity contribution in [2.45, 2.75) is 11.4 Å². The highest BCUT2D eigenvalue weighted by Gasteiger charge is 2.13. The topological polar surface area (TPSA) is 76.5 Å². The average Bonchev–Trinajstić information content (AvgIpc) is 2.30. The molecule has 0 radical (unpaired) electrons. The number of carboxylic acid groups (broad SMARTS) is 1. The van der Waals surface area contributed by atoms with Crippen molar-refractivity contribution in [2.24, 2.45) is 0 Å². The molecule has 5 nitrogen and oxygen atoms in total. The van der Waals surface area contributed by atoms with E-state index >= 15 is 0 Å². The molecule has 17 heavy (non-hydrogen) atoms. The van der Waals surface area contributed by atoms with Gasteiger partial charge in [0.15, 0.2) is 0 Å². The maximum atomic E-state index is 11.0. The minimum absolute atomic E-state index is 0.120. The van der Waals surface area contributed by atoms with E-state index in [0.29, 0.717) is 15.3 Å². The van der Waals surface area contributed by atoms with E-state index < -0.39 is 5.97 Å². The van der Waals surface area contributed by atoms with Crippen molar-refractivity contribution in [3.63, 3.8) is 0 Å². The molecule has 0 fully saturated rings. The van der Waals surface area contributed by atoms with Gasteiger partial charge in [-0.1, -0.05) is 0 Å². The molecular weight excluding hydrogens is 310 g/mol. The normalized spacial score (nSPS) is 10.0. The monoisotopic (exact) mass is 319 g/mol. The van der Waals surface area contributed by atoms with Gasteiger partial charge in [0.05, 0.1) is 19.1 Å². The molecule has 0 saturated heterocycles. The Labute approximate surface area is 111 Å². The van der Waals surface area contributed by atoms with Crippen molar-refractivity contribution in [1.82, 2.24) is 4.98 Å². The Kier molecular flexibility index (Phi) is 5.43. The number of aromatic nitrogens is 1. The molecule has 0 aliphatic carbocycles. The summed E-state index contributed by atoms with van der Waals surface area (Å²) in [6, 6.07) is 1.48. The SMILES string of the molecule is COC(=O)CCSc1ncc(Br)cc1C(=O)O. The second-order valence-corrected chi connectivity index (χ2v) is 4.99. The van der Waals surface area contributed by atoms with Gasteiger partial charge in [0.1, 0.15) is 5.03 Å². The molecule has 1 aromatic heterocycles. The molecule has 0 aliphatic heterocycles. The van der Waals surface area contributed by atoms with Crippen molar-refractivity contribution in [1.29, 1.82) is 0 Å². The third-order valence-electron chi connectivity index (χ3n) is 1.82. The number of hydrogen-bond acceptors (Lipinski definition) is 5. The number of nitrogens with zero attached hydrogens (tertiary/aromatic N) is 1. The number of carbonyl (C=O) groups is 2. The van der Waals surface area contributed by atoms with Crippen LogP contribution in [0.4, 0.5) is 0 Å². The Bertz CT molecular complexity index is 438. The van der Waals surface area contributed by atoms with Gasteiger partial charge < -0.3 is 9.84 Å². The van der Waals surface area contributed by atoms with Gasteiger partial charge in [-0.05, 0) is 22.0 Å². The number of ether oxygens (including phenoxy) is 1. The van der Waals surface area contributed by atoms with Gasteiger partial charge in [-0.2, -0.15) is 0 Å². The van der Waals surface area contributed by atoms with Crippen LogP contribution in [0, 0.1) is 0 Å². The summed E-state index contributed by atoms with van der Waals surface area (Å²) in [5.74, 6) is -0.937. The zero-order chi connectivity index (χ0) is 12.8. The number of thioether (sulfide) groups is 1. The summed E-state index contributed by atoms with van der Waals surface area (Å²) in [6.07, 6.45) is 1.74. The van der Waals surface area contributed by atoms with Crippen LogP contribution in [0.2, 0.25) is 0 Å². The maximum Gasteiger partial charge on any atom is 0.338 e. The maximum absolute atomic E-state index is 11.0. The fourth-order valence-electron chi connectivity index (χ4n) is 1.03. The molecule has 92 valence electrons. The van der Waals surface area contributed by atoms with E-state index in [0.717, 1.165) is 0 Å². The van der Waals surface area contributed by atoms with Gasteiger partial charge in [-0.25, -0.2) is 9.78 Å². The van der Waals surface area contributed by atoms with Crippen LogP contribution in [-0.4, -0.2) is 34.9 Å². The number of pyridine rings is 1. The summed E-state index contributed by atoms with van der Waals surface area (Å²) in [7, 11) is 1.31. The Morgan fingerprint density at radius 1 is 1.59 bits per heavy atom. The number of carboxylic acids is 1. The summed E-state index contributed by atoms with van der Waals surface area (Å²) in [5, 5.41) is 9.37. The Hall–Kier alpha value is -1.08. The zero-order valence-electron chi connectivity index (χ0n) is 8.97. The molecule has 1 aromatic rings. The molecule has 1 rings (SSSR count). The standard InChI is InChI=1S/C10H10BrNO4S/c1-16-8(13)2-3-17-9-7(10(14)15)4-6(11)5-12-9/h4-5H,2-3H2,1H3,(H,14,15). The van der Waals surface area contributed by atoms with Gasteiger partial charge in [0.2, 0.25) is 0 Å². The van der Waals surface area contributed by atoms with E-state index in [1.165, 1.54) is 31.1 Å². The van der Waals surface area contributed by atoms with Crippen molar-refractivity contribution >= 4 is 39.6 Å². The van der Waals surface area contributed by atoms with Crippen LogP contribution < -0.4 is 0 Å². The number of halogens is 1. The Morgan fingerprint density at radius 3 is 2.88 bits per heavy atom. The Balaban J connectivity index is 2.70. The molecule has 0 amide bonds. The number of hydrogen-bond donors (Lipinski definition) is 1. The first kappa shape index (κ1) is 14.0. The van der Waals surface area contributed by atoms with Crippen LogP contribution in [-0.2, 0) is 9.53 Å².